The Morgan fingerprint density at radius 2 is 1.83 bits per heavy atom. The van der Waals surface area contributed by atoms with E-state index in [2.05, 4.69) is 5.32 Å². The van der Waals surface area contributed by atoms with E-state index >= 15 is 0 Å². The second-order valence-electron chi connectivity index (χ2n) is 7.94. The summed E-state index contributed by atoms with van der Waals surface area (Å²) in [7, 11) is 0. The number of halogens is 3. The third-order valence-electron chi connectivity index (χ3n) is 5.76. The molecule has 0 radical (unpaired) electrons. The van der Waals surface area contributed by atoms with Gasteiger partial charge >= 0.3 is 0 Å². The predicted molar refractivity (Wildman–Crippen MR) is 116 cm³/mol. The summed E-state index contributed by atoms with van der Waals surface area (Å²) in [5.74, 6) is 0.128. The number of rotatable bonds is 3. The van der Waals surface area contributed by atoms with Crippen LogP contribution in [0, 0.1) is 12.8 Å². The van der Waals surface area contributed by atoms with Crippen LogP contribution in [0.5, 0.6) is 0 Å². The van der Waals surface area contributed by atoms with Crippen LogP contribution in [-0.4, -0.2) is 38.4 Å². The van der Waals surface area contributed by atoms with Crippen molar-refractivity contribution in [2.75, 3.05) is 13.1 Å². The van der Waals surface area contributed by atoms with Gasteiger partial charge in [0, 0.05) is 42.9 Å². The number of aromatic nitrogens is 1. The number of nitrogens with zero attached hydrogens (tertiary/aromatic N) is 2. The lowest BCUT2D eigenvalue weighted by Crippen LogP contribution is -2.60. The Hall–Kier alpha value is -1.53. The van der Waals surface area contributed by atoms with Crippen molar-refractivity contribution in [3.8, 4) is 0 Å². The van der Waals surface area contributed by atoms with Crippen LogP contribution >= 0.6 is 34.8 Å². The van der Waals surface area contributed by atoms with E-state index < -0.39 is 9.96 Å². The van der Waals surface area contributed by atoms with Crippen LogP contribution in [0.4, 0.5) is 0 Å². The highest BCUT2D eigenvalue weighted by molar-refractivity contribution is 6.68. The number of fused-ring (bicyclic) bond motifs is 4. The zero-order valence-electron chi connectivity index (χ0n) is 15.9. The van der Waals surface area contributed by atoms with Crippen molar-refractivity contribution in [2.45, 2.75) is 35.8 Å². The average Bonchev–Trinajstić information content (AvgIpc) is 2.66. The number of alkyl halides is 3. The van der Waals surface area contributed by atoms with Crippen molar-refractivity contribution < 1.29 is 4.79 Å². The lowest BCUT2D eigenvalue weighted by atomic mass is 9.83. The van der Waals surface area contributed by atoms with Crippen LogP contribution in [-0.2, 0) is 6.54 Å². The number of benzene rings is 1. The molecule has 3 atom stereocenters. The summed E-state index contributed by atoms with van der Waals surface area (Å²) in [6.45, 7) is 3.85. The van der Waals surface area contributed by atoms with Gasteiger partial charge in [0.15, 0.2) is 0 Å². The number of carbonyl (C=O) groups excluding carboxylic acids is 1. The van der Waals surface area contributed by atoms with E-state index in [4.69, 9.17) is 34.8 Å². The molecule has 5 nitrogen and oxygen atoms in total. The van der Waals surface area contributed by atoms with E-state index in [1.165, 1.54) is 0 Å². The second kappa shape index (κ2) is 7.95. The molecule has 0 spiro atoms. The summed E-state index contributed by atoms with van der Waals surface area (Å²) in [5, 5.41) is 2.91. The summed E-state index contributed by atoms with van der Waals surface area (Å²) < 4.78 is 0.160. The zero-order chi connectivity index (χ0) is 20.8. The van der Waals surface area contributed by atoms with Gasteiger partial charge in [-0.2, -0.15) is 0 Å². The highest BCUT2D eigenvalue weighted by atomic mass is 35.6. The summed E-state index contributed by atoms with van der Waals surface area (Å²) in [6, 6.07) is 12.6. The molecule has 29 heavy (non-hydrogen) atoms. The van der Waals surface area contributed by atoms with Crippen LogP contribution in [0.2, 0.25) is 0 Å². The van der Waals surface area contributed by atoms with Gasteiger partial charge in [-0.3, -0.25) is 14.5 Å². The fourth-order valence-corrected chi connectivity index (χ4v) is 5.01. The molecule has 2 aliphatic rings. The third-order valence-corrected chi connectivity index (χ3v) is 6.38. The van der Waals surface area contributed by atoms with Gasteiger partial charge < -0.3 is 9.88 Å². The number of amides is 1. The standard InChI is InChI=1S/C21H22Cl3N3O2/c1-13-5-7-15(8-6-13)19(29)25-20(21(22,23)24)26-10-14-9-16(12-26)17-3-2-4-18(28)27(17)11-14/h2-8,14,16,20H,9-12H2,1H3,(H,25,29)/t14-,16+,20-/m1/s1. The maximum atomic E-state index is 12.8. The zero-order valence-corrected chi connectivity index (χ0v) is 18.2. The van der Waals surface area contributed by atoms with Gasteiger partial charge in [-0.25, -0.2) is 0 Å². The summed E-state index contributed by atoms with van der Waals surface area (Å²) in [6.07, 6.45) is 0.215. The molecule has 2 bridgehead atoms. The van der Waals surface area contributed by atoms with Gasteiger partial charge in [0.25, 0.3) is 11.5 Å². The number of hydrogen-bond donors (Lipinski definition) is 1. The van der Waals surface area contributed by atoms with Gasteiger partial charge in [-0.15, -0.1) is 0 Å². The van der Waals surface area contributed by atoms with E-state index in [1.807, 2.05) is 34.6 Å². The second-order valence-corrected chi connectivity index (χ2v) is 10.3. The van der Waals surface area contributed by atoms with Gasteiger partial charge in [0.1, 0.15) is 6.17 Å². The maximum absolute atomic E-state index is 12.8. The molecule has 0 saturated carbocycles. The molecule has 1 N–H and O–H groups in total. The fourth-order valence-electron chi connectivity index (χ4n) is 4.44. The first-order valence-corrected chi connectivity index (χ1v) is 10.7. The number of pyridine rings is 1. The monoisotopic (exact) mass is 453 g/mol. The number of carbonyl (C=O) groups is 1. The van der Waals surface area contributed by atoms with Crippen LogP contribution in [0.25, 0.3) is 0 Å². The molecule has 0 unspecified atom stereocenters. The predicted octanol–water partition coefficient (Wildman–Crippen LogP) is 3.70. The minimum Gasteiger partial charge on any atom is -0.332 e. The van der Waals surface area contributed by atoms with Crippen molar-refractivity contribution in [3.05, 3.63) is 69.6 Å². The summed E-state index contributed by atoms with van der Waals surface area (Å²) >= 11 is 18.9. The van der Waals surface area contributed by atoms with E-state index in [1.54, 1.807) is 24.3 Å². The fraction of sp³-hybridized carbons (Fsp3) is 0.429. The average molecular weight is 455 g/mol. The quantitative estimate of drug-likeness (QED) is 0.720. The molecule has 2 aromatic rings. The molecule has 1 fully saturated rings. The molecule has 1 saturated heterocycles. The van der Waals surface area contributed by atoms with E-state index in [9.17, 15) is 9.59 Å². The highest BCUT2D eigenvalue weighted by Gasteiger charge is 2.44. The van der Waals surface area contributed by atoms with Crippen molar-refractivity contribution in [1.82, 2.24) is 14.8 Å². The number of nitrogens with one attached hydrogen (secondary N) is 1. The van der Waals surface area contributed by atoms with Crippen molar-refractivity contribution in [2.24, 2.45) is 5.92 Å². The van der Waals surface area contributed by atoms with Crippen molar-refractivity contribution in [3.63, 3.8) is 0 Å². The van der Waals surface area contributed by atoms with Crippen LogP contribution < -0.4 is 10.9 Å². The van der Waals surface area contributed by atoms with Gasteiger partial charge in [-0.05, 0) is 37.5 Å². The maximum Gasteiger partial charge on any atom is 0.252 e. The molecule has 1 aromatic carbocycles. The Bertz CT molecular complexity index is 968. The van der Waals surface area contributed by atoms with Gasteiger partial charge in [0.05, 0.1) is 0 Å². The molecule has 4 rings (SSSR count). The Morgan fingerprint density at radius 3 is 2.52 bits per heavy atom. The molecular formula is C21H22Cl3N3O2. The first-order chi connectivity index (χ1) is 13.7. The SMILES string of the molecule is Cc1ccc(C(=O)N[C@H](N2C[C@H]3C[C@@H](C2)c2cccc(=O)n2C3)C(Cl)(Cl)Cl)cc1. The van der Waals surface area contributed by atoms with Crippen molar-refractivity contribution in [1.29, 1.82) is 0 Å². The third kappa shape index (κ3) is 4.33. The normalized spacial score (nSPS) is 22.6. The Kier molecular flexibility index (Phi) is 5.68. The summed E-state index contributed by atoms with van der Waals surface area (Å²) in [4.78, 5) is 27.0. The molecule has 2 aliphatic heterocycles. The van der Waals surface area contributed by atoms with E-state index in [0.29, 0.717) is 25.2 Å². The van der Waals surface area contributed by atoms with Gasteiger partial charge in [-0.1, -0.05) is 58.6 Å². The number of likely N-dealkylation sites (tertiary alicyclic amines) is 1. The van der Waals surface area contributed by atoms with Crippen LogP contribution in [0.3, 0.4) is 0 Å². The molecule has 154 valence electrons. The number of hydrogen-bond acceptors (Lipinski definition) is 3. The van der Waals surface area contributed by atoms with Gasteiger partial charge in [0.2, 0.25) is 3.79 Å². The lowest BCUT2D eigenvalue weighted by molar-refractivity contribution is 0.0586. The van der Waals surface area contributed by atoms with Crippen LogP contribution in [0.1, 0.15) is 34.0 Å². The number of piperidine rings is 1. The lowest BCUT2D eigenvalue weighted by Gasteiger charge is -2.47. The topological polar surface area (TPSA) is 54.3 Å². The molecule has 8 heteroatoms. The van der Waals surface area contributed by atoms with E-state index in [-0.39, 0.29) is 23.3 Å². The molecule has 1 amide bonds. The first-order valence-electron chi connectivity index (χ1n) is 9.60. The van der Waals surface area contributed by atoms with Crippen LogP contribution in [0.15, 0.2) is 47.3 Å². The molecule has 1 aromatic heterocycles. The first kappa shape index (κ1) is 20.7. The molecular weight excluding hydrogens is 433 g/mol. The molecule has 0 aliphatic carbocycles. The summed E-state index contributed by atoms with van der Waals surface area (Å²) in [5.41, 5.74) is 2.61. The largest absolute Gasteiger partial charge is 0.332 e. The minimum absolute atomic E-state index is 0.0243. The molecule has 3 heterocycles. The minimum atomic E-state index is -1.69. The highest BCUT2D eigenvalue weighted by Crippen LogP contribution is 2.39. The van der Waals surface area contributed by atoms with E-state index in [0.717, 1.165) is 17.7 Å². The Labute approximate surface area is 184 Å². The smallest absolute Gasteiger partial charge is 0.252 e. The Balaban J connectivity index is 1.58. The Morgan fingerprint density at radius 1 is 1.10 bits per heavy atom. The van der Waals surface area contributed by atoms with Crippen molar-refractivity contribution >= 4 is 40.7 Å². The number of aryl methyl sites for hydroxylation is 1.